The first-order valence-electron chi connectivity index (χ1n) is 8.07. The third kappa shape index (κ3) is 2.88. The molecule has 1 heterocycles. The lowest BCUT2D eigenvalue weighted by molar-refractivity contribution is -0.131. The monoisotopic (exact) mass is 313 g/mol. The third-order valence-electron chi connectivity index (χ3n) is 4.52. The van der Waals surface area contributed by atoms with E-state index in [2.05, 4.69) is 23.7 Å². The highest BCUT2D eigenvalue weighted by Crippen LogP contribution is 2.42. The topological polar surface area (TPSA) is 67.2 Å². The maximum atomic E-state index is 10.7. The Bertz CT molecular complexity index is 770. The molecule has 2 N–H and O–H groups in total. The number of hydrogen-bond donors (Lipinski definition) is 2. The summed E-state index contributed by atoms with van der Waals surface area (Å²) in [4.78, 5) is 15.5. The summed E-state index contributed by atoms with van der Waals surface area (Å²) in [7, 11) is 2.04. The van der Waals surface area contributed by atoms with E-state index in [0.717, 1.165) is 41.3 Å². The molecule has 3 rings (SSSR count). The zero-order valence-electron chi connectivity index (χ0n) is 13.8. The highest BCUT2D eigenvalue weighted by Gasteiger charge is 2.42. The van der Waals surface area contributed by atoms with Crippen LogP contribution in [0.1, 0.15) is 44.5 Å². The fraction of sp³-hybridized carbons (Fsp3) is 0.444. The second-order valence-electron chi connectivity index (χ2n) is 6.65. The Labute approximate surface area is 136 Å². The summed E-state index contributed by atoms with van der Waals surface area (Å²) in [6.45, 7) is 4.33. The summed E-state index contributed by atoms with van der Waals surface area (Å²) in [5.74, 6) is 0.136. The molecule has 0 atom stereocenters. The quantitative estimate of drug-likeness (QED) is 0.833. The van der Waals surface area contributed by atoms with Gasteiger partial charge in [-0.05, 0) is 56.9 Å². The van der Waals surface area contributed by atoms with Gasteiger partial charge in [-0.2, -0.15) is 0 Å². The number of aromatic nitrogens is 2. The second kappa shape index (κ2) is 5.81. The standard InChI is InChI=1S/C18H23N3O2/c1-12(2)20-18(9-4-10-18)17-19-14-7-5-13(6-8-16(22)23)11-15(14)21(17)3/h5-8,11-12,20H,4,9-10H2,1-3H3,(H,22,23). The van der Waals surface area contributed by atoms with Crippen molar-refractivity contribution in [3.63, 3.8) is 0 Å². The Balaban J connectivity index is 2.03. The maximum absolute atomic E-state index is 10.7. The second-order valence-corrected chi connectivity index (χ2v) is 6.65. The zero-order valence-corrected chi connectivity index (χ0v) is 13.8. The number of rotatable bonds is 5. The molecule has 0 spiro atoms. The van der Waals surface area contributed by atoms with E-state index < -0.39 is 5.97 Å². The number of benzene rings is 1. The van der Waals surface area contributed by atoms with E-state index >= 15 is 0 Å². The van der Waals surface area contributed by atoms with Crippen molar-refractivity contribution >= 4 is 23.1 Å². The van der Waals surface area contributed by atoms with Gasteiger partial charge in [-0.3, -0.25) is 0 Å². The van der Waals surface area contributed by atoms with E-state index in [1.54, 1.807) is 6.08 Å². The van der Waals surface area contributed by atoms with E-state index in [1.807, 2.05) is 25.2 Å². The molecule has 2 aromatic rings. The van der Waals surface area contributed by atoms with E-state index in [9.17, 15) is 4.79 Å². The molecule has 1 aromatic heterocycles. The highest BCUT2D eigenvalue weighted by atomic mass is 16.4. The first-order valence-corrected chi connectivity index (χ1v) is 8.07. The van der Waals surface area contributed by atoms with Crippen LogP contribution in [0, 0.1) is 0 Å². The summed E-state index contributed by atoms with van der Waals surface area (Å²) in [6, 6.07) is 6.26. The molecule has 0 aliphatic heterocycles. The van der Waals surface area contributed by atoms with Gasteiger partial charge in [0.05, 0.1) is 16.6 Å². The van der Waals surface area contributed by atoms with Crippen LogP contribution in [0.2, 0.25) is 0 Å². The van der Waals surface area contributed by atoms with Crippen LogP contribution >= 0.6 is 0 Å². The Hall–Kier alpha value is -2.14. The van der Waals surface area contributed by atoms with Gasteiger partial charge in [0.15, 0.2) is 0 Å². The highest BCUT2D eigenvalue weighted by molar-refractivity contribution is 5.87. The van der Waals surface area contributed by atoms with Gasteiger partial charge in [-0.1, -0.05) is 6.07 Å². The number of nitrogens with zero attached hydrogens (tertiary/aromatic N) is 2. The fourth-order valence-corrected chi connectivity index (χ4v) is 3.42. The van der Waals surface area contributed by atoms with Crippen LogP contribution in [0.25, 0.3) is 17.1 Å². The molecule has 5 nitrogen and oxygen atoms in total. The maximum Gasteiger partial charge on any atom is 0.328 e. The van der Waals surface area contributed by atoms with Crippen molar-refractivity contribution in [2.24, 2.45) is 7.05 Å². The van der Waals surface area contributed by atoms with Crippen molar-refractivity contribution in [3.8, 4) is 0 Å². The zero-order chi connectivity index (χ0) is 16.6. The van der Waals surface area contributed by atoms with Gasteiger partial charge in [0.2, 0.25) is 0 Å². The van der Waals surface area contributed by atoms with Crippen molar-refractivity contribution in [2.45, 2.75) is 44.7 Å². The minimum absolute atomic E-state index is 0.0288. The Morgan fingerprint density at radius 2 is 2.17 bits per heavy atom. The van der Waals surface area contributed by atoms with Gasteiger partial charge in [-0.25, -0.2) is 9.78 Å². The predicted molar refractivity (Wildman–Crippen MR) is 91.2 cm³/mol. The molecule has 1 saturated carbocycles. The molecule has 0 unspecified atom stereocenters. The van der Waals surface area contributed by atoms with Crippen molar-refractivity contribution in [1.29, 1.82) is 0 Å². The van der Waals surface area contributed by atoms with Crippen LogP contribution in [0.3, 0.4) is 0 Å². The molecule has 5 heteroatoms. The van der Waals surface area contributed by atoms with Gasteiger partial charge in [-0.15, -0.1) is 0 Å². The van der Waals surface area contributed by atoms with Gasteiger partial charge in [0.1, 0.15) is 5.82 Å². The number of carboxylic acids is 1. The van der Waals surface area contributed by atoms with Gasteiger partial charge < -0.3 is 15.0 Å². The van der Waals surface area contributed by atoms with Crippen LogP contribution < -0.4 is 5.32 Å². The lowest BCUT2D eigenvalue weighted by atomic mass is 9.75. The van der Waals surface area contributed by atoms with Crippen molar-refractivity contribution in [2.75, 3.05) is 0 Å². The largest absolute Gasteiger partial charge is 0.478 e. The SMILES string of the molecule is CC(C)NC1(c2nc3ccc(C=CC(=O)O)cc3n2C)CCC1. The molecule has 23 heavy (non-hydrogen) atoms. The number of imidazole rings is 1. The van der Waals surface area contributed by atoms with Crippen LogP contribution in [0.4, 0.5) is 0 Å². The van der Waals surface area contributed by atoms with E-state index in [0.29, 0.717) is 6.04 Å². The molecular formula is C18H23N3O2. The van der Waals surface area contributed by atoms with Gasteiger partial charge in [0, 0.05) is 19.2 Å². The molecular weight excluding hydrogens is 290 g/mol. The lowest BCUT2D eigenvalue weighted by Crippen LogP contribution is -2.52. The van der Waals surface area contributed by atoms with Crippen LogP contribution in [-0.2, 0) is 17.4 Å². The fourth-order valence-electron chi connectivity index (χ4n) is 3.42. The molecule has 0 amide bonds. The number of nitrogens with one attached hydrogen (secondary N) is 1. The number of carboxylic acid groups (broad SMARTS) is 1. The van der Waals surface area contributed by atoms with Crippen LogP contribution in [-0.4, -0.2) is 26.7 Å². The Morgan fingerprint density at radius 3 is 2.74 bits per heavy atom. The number of fused-ring (bicyclic) bond motifs is 1. The molecule has 122 valence electrons. The number of hydrogen-bond acceptors (Lipinski definition) is 3. The predicted octanol–water partition coefficient (Wildman–Crippen LogP) is 3.05. The van der Waals surface area contributed by atoms with E-state index in [4.69, 9.17) is 10.1 Å². The first-order chi connectivity index (χ1) is 10.9. The Kier molecular flexibility index (Phi) is 3.98. The molecule has 0 saturated heterocycles. The molecule has 1 aliphatic rings. The third-order valence-corrected chi connectivity index (χ3v) is 4.52. The summed E-state index contributed by atoms with van der Waals surface area (Å²) in [5.41, 5.74) is 2.82. The average molecular weight is 313 g/mol. The first kappa shape index (κ1) is 15.7. The Morgan fingerprint density at radius 1 is 1.43 bits per heavy atom. The molecule has 1 fully saturated rings. The molecule has 0 radical (unpaired) electrons. The normalized spacial score (nSPS) is 17.0. The smallest absolute Gasteiger partial charge is 0.328 e. The van der Waals surface area contributed by atoms with Gasteiger partial charge >= 0.3 is 5.97 Å². The average Bonchev–Trinajstić information content (AvgIpc) is 2.78. The number of carbonyl (C=O) groups is 1. The number of aliphatic carboxylic acids is 1. The molecule has 0 bridgehead atoms. The minimum Gasteiger partial charge on any atom is -0.478 e. The summed E-state index contributed by atoms with van der Waals surface area (Å²) < 4.78 is 2.14. The van der Waals surface area contributed by atoms with Crippen LogP contribution in [0.5, 0.6) is 0 Å². The van der Waals surface area contributed by atoms with Crippen molar-refractivity contribution < 1.29 is 9.90 Å². The summed E-state index contributed by atoms with van der Waals surface area (Å²) in [5, 5.41) is 12.5. The molecule has 1 aliphatic carbocycles. The van der Waals surface area contributed by atoms with Crippen LogP contribution in [0.15, 0.2) is 24.3 Å². The summed E-state index contributed by atoms with van der Waals surface area (Å²) >= 11 is 0. The lowest BCUT2D eigenvalue weighted by Gasteiger charge is -2.43. The minimum atomic E-state index is -0.939. The van der Waals surface area contributed by atoms with Crippen molar-refractivity contribution in [1.82, 2.24) is 14.9 Å². The molecule has 1 aromatic carbocycles. The summed E-state index contributed by atoms with van der Waals surface area (Å²) in [6.07, 6.45) is 6.20. The number of aryl methyl sites for hydroxylation is 1. The van der Waals surface area contributed by atoms with E-state index in [1.165, 1.54) is 6.42 Å². The van der Waals surface area contributed by atoms with Crippen molar-refractivity contribution in [3.05, 3.63) is 35.7 Å². The van der Waals surface area contributed by atoms with Gasteiger partial charge in [0.25, 0.3) is 0 Å². The van der Waals surface area contributed by atoms with E-state index in [-0.39, 0.29) is 5.54 Å².